The van der Waals surface area contributed by atoms with Crippen molar-refractivity contribution in [1.82, 2.24) is 34.6 Å². The van der Waals surface area contributed by atoms with Gasteiger partial charge in [-0.25, -0.2) is 14.4 Å². The Bertz CT molecular complexity index is 1140. The molecule has 10 heteroatoms. The highest BCUT2D eigenvalue weighted by molar-refractivity contribution is 5.85. The molecule has 4 aromatic rings. The molecule has 0 bridgehead atoms. The third-order valence-electron chi connectivity index (χ3n) is 5.62. The molecule has 0 amide bonds. The van der Waals surface area contributed by atoms with Gasteiger partial charge in [-0.1, -0.05) is 0 Å². The van der Waals surface area contributed by atoms with Crippen molar-refractivity contribution in [2.75, 3.05) is 31.1 Å². The van der Waals surface area contributed by atoms with Crippen LogP contribution in [0.25, 0.3) is 11.3 Å². The summed E-state index contributed by atoms with van der Waals surface area (Å²) < 4.78 is 15.3. The number of aromatic amines is 1. The van der Waals surface area contributed by atoms with Crippen molar-refractivity contribution >= 4 is 18.2 Å². The van der Waals surface area contributed by atoms with Crippen LogP contribution in [0.2, 0.25) is 0 Å². The van der Waals surface area contributed by atoms with E-state index in [1.54, 1.807) is 24.5 Å². The fourth-order valence-corrected chi connectivity index (χ4v) is 4.12. The molecule has 0 saturated carbocycles. The molecule has 1 N–H and O–H groups in total. The van der Waals surface area contributed by atoms with E-state index in [0.717, 1.165) is 54.5 Å². The zero-order chi connectivity index (χ0) is 21.2. The lowest BCUT2D eigenvalue weighted by Gasteiger charge is -2.39. The number of nitrogens with one attached hydrogen (secondary N) is 1. The largest absolute Gasteiger partial charge is 0.352 e. The van der Waals surface area contributed by atoms with Crippen LogP contribution in [-0.4, -0.2) is 60.8 Å². The Balaban J connectivity index is 0.00000245. The Morgan fingerprint density at radius 3 is 2.41 bits per heavy atom. The van der Waals surface area contributed by atoms with Crippen LogP contribution in [0.5, 0.6) is 0 Å². The summed E-state index contributed by atoms with van der Waals surface area (Å²) in [6, 6.07) is 6.44. The van der Waals surface area contributed by atoms with Crippen LogP contribution in [0.1, 0.15) is 17.3 Å². The maximum atomic E-state index is 13.4. The van der Waals surface area contributed by atoms with Crippen LogP contribution >= 0.6 is 12.4 Å². The third-order valence-corrected chi connectivity index (χ3v) is 5.62. The van der Waals surface area contributed by atoms with E-state index in [-0.39, 0.29) is 24.3 Å². The second kappa shape index (κ2) is 9.46. The SMILES string of the molecule is Cl.Cn1cnc(C(c2cn[nH]c2)N2CCN(c3nccnc3-c3ccc(F)cc3)CC2)c1. The summed E-state index contributed by atoms with van der Waals surface area (Å²) in [4.78, 5) is 18.4. The first-order valence-electron chi connectivity index (χ1n) is 10.2. The smallest absolute Gasteiger partial charge is 0.155 e. The van der Waals surface area contributed by atoms with Crippen LogP contribution < -0.4 is 4.90 Å². The molecule has 1 atom stereocenters. The summed E-state index contributed by atoms with van der Waals surface area (Å²) in [5, 5.41) is 7.07. The number of benzene rings is 1. The molecule has 1 unspecified atom stereocenters. The number of halogens is 2. The van der Waals surface area contributed by atoms with Crippen molar-refractivity contribution in [1.29, 1.82) is 0 Å². The summed E-state index contributed by atoms with van der Waals surface area (Å²) in [5.74, 6) is 0.564. The molecule has 1 saturated heterocycles. The number of aromatic nitrogens is 6. The van der Waals surface area contributed by atoms with Crippen molar-refractivity contribution in [2.45, 2.75) is 6.04 Å². The Morgan fingerprint density at radius 2 is 1.75 bits per heavy atom. The van der Waals surface area contributed by atoms with Gasteiger partial charge in [-0.15, -0.1) is 12.4 Å². The molecule has 4 heterocycles. The molecule has 1 aliphatic rings. The highest BCUT2D eigenvalue weighted by Crippen LogP contribution is 2.31. The van der Waals surface area contributed by atoms with Crippen LogP contribution in [0.15, 0.2) is 61.6 Å². The van der Waals surface area contributed by atoms with E-state index in [1.807, 2.05) is 30.3 Å². The van der Waals surface area contributed by atoms with Crippen LogP contribution in [0, 0.1) is 5.82 Å². The predicted molar refractivity (Wildman–Crippen MR) is 122 cm³/mol. The Hall–Kier alpha value is -3.30. The number of piperazine rings is 1. The fraction of sp³-hybridized carbons (Fsp3) is 0.273. The minimum Gasteiger partial charge on any atom is -0.352 e. The predicted octanol–water partition coefficient (Wildman–Crippen LogP) is 3.07. The van der Waals surface area contributed by atoms with E-state index >= 15 is 0 Å². The molecule has 166 valence electrons. The normalized spacial score (nSPS) is 15.4. The number of aryl methyl sites for hydroxylation is 1. The number of hydrogen-bond donors (Lipinski definition) is 1. The molecule has 8 nitrogen and oxygen atoms in total. The topological polar surface area (TPSA) is 78.8 Å². The zero-order valence-corrected chi connectivity index (χ0v) is 18.4. The number of imidazole rings is 1. The average molecular weight is 455 g/mol. The second-order valence-corrected chi connectivity index (χ2v) is 7.66. The maximum Gasteiger partial charge on any atom is 0.155 e. The molecule has 0 spiro atoms. The van der Waals surface area contributed by atoms with Crippen molar-refractivity contribution in [2.24, 2.45) is 7.05 Å². The first-order chi connectivity index (χ1) is 15.2. The van der Waals surface area contributed by atoms with E-state index in [4.69, 9.17) is 0 Å². The van der Waals surface area contributed by atoms with Crippen LogP contribution in [0.4, 0.5) is 10.2 Å². The zero-order valence-electron chi connectivity index (χ0n) is 17.6. The number of nitrogens with zero attached hydrogens (tertiary/aromatic N) is 7. The number of hydrogen-bond acceptors (Lipinski definition) is 6. The van der Waals surface area contributed by atoms with Crippen molar-refractivity contribution in [3.63, 3.8) is 0 Å². The quantitative estimate of drug-likeness (QED) is 0.499. The van der Waals surface area contributed by atoms with Gasteiger partial charge in [0.25, 0.3) is 0 Å². The first-order valence-corrected chi connectivity index (χ1v) is 10.2. The monoisotopic (exact) mass is 454 g/mol. The van der Waals surface area contributed by atoms with Crippen molar-refractivity contribution in [3.05, 3.63) is 78.7 Å². The molecular weight excluding hydrogens is 431 g/mol. The van der Waals surface area contributed by atoms with Gasteiger partial charge in [-0.2, -0.15) is 5.10 Å². The minimum absolute atomic E-state index is 0. The molecule has 0 radical (unpaired) electrons. The van der Waals surface area contributed by atoms with Gasteiger partial charge in [0.2, 0.25) is 0 Å². The number of anilines is 1. The lowest BCUT2D eigenvalue weighted by Crippen LogP contribution is -2.48. The van der Waals surface area contributed by atoms with Gasteiger partial charge in [-0.05, 0) is 24.3 Å². The van der Waals surface area contributed by atoms with Gasteiger partial charge >= 0.3 is 0 Å². The number of H-pyrrole nitrogens is 1. The van der Waals surface area contributed by atoms with Gasteiger partial charge in [0.1, 0.15) is 11.5 Å². The molecule has 5 rings (SSSR count). The highest BCUT2D eigenvalue weighted by Gasteiger charge is 2.30. The molecule has 0 aliphatic carbocycles. The fourth-order valence-electron chi connectivity index (χ4n) is 4.12. The molecular formula is C22H24ClFN8. The highest BCUT2D eigenvalue weighted by atomic mass is 35.5. The summed E-state index contributed by atoms with van der Waals surface area (Å²) in [7, 11) is 1.98. The van der Waals surface area contributed by atoms with E-state index < -0.39 is 0 Å². The van der Waals surface area contributed by atoms with E-state index in [1.165, 1.54) is 12.1 Å². The summed E-state index contributed by atoms with van der Waals surface area (Å²) in [6.07, 6.45) is 11.1. The Labute approximate surface area is 191 Å². The number of rotatable bonds is 5. The van der Waals surface area contributed by atoms with Gasteiger partial charge in [0.15, 0.2) is 5.82 Å². The lowest BCUT2D eigenvalue weighted by atomic mass is 10.0. The Morgan fingerprint density at radius 1 is 1.00 bits per heavy atom. The van der Waals surface area contributed by atoms with Gasteiger partial charge in [0.05, 0.1) is 24.3 Å². The third kappa shape index (κ3) is 4.35. The molecule has 1 fully saturated rings. The summed E-state index contributed by atoms with van der Waals surface area (Å²) in [5.41, 5.74) is 3.73. The molecule has 1 aliphatic heterocycles. The standard InChI is InChI=1S/C22H23FN8.ClH/c1-29-14-19(26-15-29)21(17-12-27-28-13-17)30-8-10-31(11-9-30)22-20(24-6-7-25-22)16-2-4-18(23)5-3-16;/h2-7,12-15,21H,8-11H2,1H3,(H,27,28);1H. The first kappa shape index (κ1) is 21.9. The Kier molecular flexibility index (Phi) is 6.48. The van der Waals surface area contributed by atoms with Crippen molar-refractivity contribution < 1.29 is 4.39 Å². The van der Waals surface area contributed by atoms with E-state index in [0.29, 0.717) is 0 Å². The van der Waals surface area contributed by atoms with E-state index in [9.17, 15) is 4.39 Å². The van der Waals surface area contributed by atoms with Gasteiger partial charge in [-0.3, -0.25) is 15.0 Å². The van der Waals surface area contributed by atoms with E-state index in [2.05, 4.69) is 41.1 Å². The van der Waals surface area contributed by atoms with Crippen molar-refractivity contribution in [3.8, 4) is 11.3 Å². The maximum absolute atomic E-state index is 13.4. The van der Waals surface area contributed by atoms with Crippen LogP contribution in [0.3, 0.4) is 0 Å². The lowest BCUT2D eigenvalue weighted by molar-refractivity contribution is 0.209. The molecule has 32 heavy (non-hydrogen) atoms. The second-order valence-electron chi connectivity index (χ2n) is 7.66. The summed E-state index contributed by atoms with van der Waals surface area (Å²) in [6.45, 7) is 3.28. The average Bonchev–Trinajstić information content (AvgIpc) is 3.48. The molecule has 3 aromatic heterocycles. The van der Waals surface area contributed by atoms with Gasteiger partial charge in [0, 0.05) is 69.1 Å². The van der Waals surface area contributed by atoms with Gasteiger partial charge < -0.3 is 9.47 Å². The summed E-state index contributed by atoms with van der Waals surface area (Å²) >= 11 is 0. The molecule has 1 aromatic carbocycles. The van der Waals surface area contributed by atoms with Crippen LogP contribution in [-0.2, 0) is 7.05 Å². The minimum atomic E-state index is -0.261.